The van der Waals surface area contributed by atoms with Gasteiger partial charge < -0.3 is 10.2 Å². The van der Waals surface area contributed by atoms with Crippen LogP contribution in [0.2, 0.25) is 0 Å². The molecule has 2 aliphatic rings. The van der Waals surface area contributed by atoms with Crippen molar-refractivity contribution < 1.29 is 0 Å². The highest BCUT2D eigenvalue weighted by atomic mass is 15.1. The molecule has 1 atom stereocenters. The van der Waals surface area contributed by atoms with Gasteiger partial charge in [0.05, 0.1) is 0 Å². The highest BCUT2D eigenvalue weighted by Gasteiger charge is 2.20. The molecule has 0 bridgehead atoms. The number of hydrogen-bond donors (Lipinski definition) is 1. The summed E-state index contributed by atoms with van der Waals surface area (Å²) in [5.74, 6) is 0.947. The van der Waals surface area contributed by atoms with Gasteiger partial charge in [-0.2, -0.15) is 0 Å². The topological polar surface area (TPSA) is 15.3 Å². The third-order valence-corrected chi connectivity index (χ3v) is 4.24. The molecule has 1 saturated heterocycles. The molecule has 2 heteroatoms. The largest absolute Gasteiger partial charge is 0.316 e. The van der Waals surface area contributed by atoms with Gasteiger partial charge in [0.1, 0.15) is 0 Å². The number of piperidine rings is 1. The van der Waals surface area contributed by atoms with Crippen molar-refractivity contribution in [2.45, 2.75) is 51.0 Å². The lowest BCUT2D eigenvalue weighted by Gasteiger charge is -2.28. The normalized spacial score (nSPS) is 28.8. The fourth-order valence-electron chi connectivity index (χ4n) is 3.08. The first kappa shape index (κ1) is 11.4. The standard InChI is InChI=1S/C13H26N2/c1-15(13-6-2-3-7-13)10-8-12-5-4-9-14-11-12/h12-14H,2-11H2,1H3. The van der Waals surface area contributed by atoms with Crippen molar-refractivity contribution in [1.29, 1.82) is 0 Å². The van der Waals surface area contributed by atoms with Crippen molar-refractivity contribution in [3.63, 3.8) is 0 Å². The summed E-state index contributed by atoms with van der Waals surface area (Å²) in [4.78, 5) is 2.61. The Balaban J connectivity index is 1.63. The van der Waals surface area contributed by atoms with Crippen LogP contribution < -0.4 is 5.32 Å². The Labute approximate surface area is 94.4 Å². The molecule has 1 heterocycles. The molecule has 0 spiro atoms. The van der Waals surface area contributed by atoms with E-state index >= 15 is 0 Å². The van der Waals surface area contributed by atoms with E-state index in [1.807, 2.05) is 0 Å². The Morgan fingerprint density at radius 3 is 2.60 bits per heavy atom. The monoisotopic (exact) mass is 210 g/mol. The molecule has 0 radical (unpaired) electrons. The predicted octanol–water partition coefficient (Wildman–Crippen LogP) is 2.25. The van der Waals surface area contributed by atoms with Crippen LogP contribution in [-0.2, 0) is 0 Å². The second-order valence-corrected chi connectivity index (χ2v) is 5.42. The maximum atomic E-state index is 3.51. The highest BCUT2D eigenvalue weighted by Crippen LogP contribution is 2.23. The van der Waals surface area contributed by atoms with Crippen molar-refractivity contribution in [3.05, 3.63) is 0 Å². The molecule has 1 unspecified atom stereocenters. The minimum atomic E-state index is 0.904. The van der Waals surface area contributed by atoms with Crippen LogP contribution in [-0.4, -0.2) is 37.6 Å². The Morgan fingerprint density at radius 2 is 1.93 bits per heavy atom. The fourth-order valence-corrected chi connectivity index (χ4v) is 3.08. The number of hydrogen-bond acceptors (Lipinski definition) is 2. The summed E-state index contributed by atoms with van der Waals surface area (Å²) >= 11 is 0. The van der Waals surface area contributed by atoms with Crippen LogP contribution in [0.5, 0.6) is 0 Å². The third-order valence-electron chi connectivity index (χ3n) is 4.24. The highest BCUT2D eigenvalue weighted by molar-refractivity contribution is 4.77. The predicted molar refractivity (Wildman–Crippen MR) is 65.1 cm³/mol. The van der Waals surface area contributed by atoms with E-state index in [1.54, 1.807) is 0 Å². The molecule has 1 aliphatic carbocycles. The number of nitrogens with zero attached hydrogens (tertiary/aromatic N) is 1. The molecular weight excluding hydrogens is 184 g/mol. The average Bonchev–Trinajstić information content (AvgIpc) is 2.81. The van der Waals surface area contributed by atoms with E-state index in [-0.39, 0.29) is 0 Å². The van der Waals surface area contributed by atoms with Gasteiger partial charge in [0.15, 0.2) is 0 Å². The van der Waals surface area contributed by atoms with E-state index in [4.69, 9.17) is 0 Å². The first-order chi connectivity index (χ1) is 7.36. The van der Waals surface area contributed by atoms with E-state index in [0.29, 0.717) is 0 Å². The van der Waals surface area contributed by atoms with Crippen molar-refractivity contribution in [3.8, 4) is 0 Å². The molecule has 1 saturated carbocycles. The summed E-state index contributed by atoms with van der Waals surface area (Å²) in [6.45, 7) is 3.82. The zero-order valence-electron chi connectivity index (χ0n) is 10.2. The van der Waals surface area contributed by atoms with Crippen molar-refractivity contribution in [1.82, 2.24) is 10.2 Å². The van der Waals surface area contributed by atoms with E-state index in [9.17, 15) is 0 Å². The molecule has 0 aromatic carbocycles. The number of nitrogens with one attached hydrogen (secondary N) is 1. The summed E-state index contributed by atoms with van der Waals surface area (Å²) < 4.78 is 0. The first-order valence-electron chi connectivity index (χ1n) is 6.77. The fraction of sp³-hybridized carbons (Fsp3) is 1.00. The second-order valence-electron chi connectivity index (χ2n) is 5.42. The van der Waals surface area contributed by atoms with Gasteiger partial charge in [-0.3, -0.25) is 0 Å². The second kappa shape index (κ2) is 5.86. The molecule has 0 amide bonds. The van der Waals surface area contributed by atoms with Crippen molar-refractivity contribution >= 4 is 0 Å². The quantitative estimate of drug-likeness (QED) is 0.765. The van der Waals surface area contributed by atoms with Crippen LogP contribution in [0.4, 0.5) is 0 Å². The SMILES string of the molecule is CN(CCC1CCCNC1)C1CCCC1. The van der Waals surface area contributed by atoms with Crippen LogP contribution in [0.3, 0.4) is 0 Å². The molecule has 1 aliphatic heterocycles. The minimum absolute atomic E-state index is 0.904. The van der Waals surface area contributed by atoms with Gasteiger partial charge in [0.2, 0.25) is 0 Å². The van der Waals surface area contributed by atoms with Gasteiger partial charge in [-0.1, -0.05) is 12.8 Å². The van der Waals surface area contributed by atoms with Crippen LogP contribution in [0.1, 0.15) is 44.9 Å². The van der Waals surface area contributed by atoms with Crippen LogP contribution in [0.15, 0.2) is 0 Å². The molecule has 2 rings (SSSR count). The van der Waals surface area contributed by atoms with E-state index in [1.165, 1.54) is 64.6 Å². The number of rotatable bonds is 4. The Bertz CT molecular complexity index is 169. The van der Waals surface area contributed by atoms with Gasteiger partial charge in [-0.25, -0.2) is 0 Å². The zero-order valence-corrected chi connectivity index (χ0v) is 10.2. The summed E-state index contributed by atoms with van der Waals surface area (Å²) in [5, 5.41) is 3.51. The summed E-state index contributed by atoms with van der Waals surface area (Å²) in [6, 6.07) is 0.904. The Hall–Kier alpha value is -0.0800. The molecule has 0 aromatic heterocycles. The summed E-state index contributed by atoms with van der Waals surface area (Å²) in [5.41, 5.74) is 0. The molecule has 88 valence electrons. The molecule has 1 N–H and O–H groups in total. The lowest BCUT2D eigenvalue weighted by molar-refractivity contribution is 0.216. The lowest BCUT2D eigenvalue weighted by atomic mass is 9.96. The smallest absolute Gasteiger partial charge is 0.00922 e. The van der Waals surface area contributed by atoms with E-state index < -0.39 is 0 Å². The van der Waals surface area contributed by atoms with Gasteiger partial charge in [0.25, 0.3) is 0 Å². The van der Waals surface area contributed by atoms with Gasteiger partial charge in [-0.05, 0) is 64.7 Å². The zero-order chi connectivity index (χ0) is 10.5. The van der Waals surface area contributed by atoms with Gasteiger partial charge >= 0.3 is 0 Å². The Kier molecular flexibility index (Phi) is 4.45. The Morgan fingerprint density at radius 1 is 1.13 bits per heavy atom. The summed E-state index contributed by atoms with van der Waals surface area (Å²) in [6.07, 6.45) is 10.0. The van der Waals surface area contributed by atoms with E-state index in [0.717, 1.165) is 12.0 Å². The lowest BCUT2D eigenvalue weighted by Crippen LogP contribution is -2.35. The van der Waals surface area contributed by atoms with Gasteiger partial charge in [-0.15, -0.1) is 0 Å². The maximum Gasteiger partial charge on any atom is 0.00922 e. The van der Waals surface area contributed by atoms with Crippen LogP contribution in [0.25, 0.3) is 0 Å². The van der Waals surface area contributed by atoms with Crippen molar-refractivity contribution in [2.75, 3.05) is 26.7 Å². The van der Waals surface area contributed by atoms with Crippen LogP contribution in [0, 0.1) is 5.92 Å². The summed E-state index contributed by atoms with van der Waals surface area (Å²) in [7, 11) is 2.33. The third kappa shape index (κ3) is 3.46. The maximum absolute atomic E-state index is 3.51. The average molecular weight is 210 g/mol. The van der Waals surface area contributed by atoms with E-state index in [2.05, 4.69) is 17.3 Å². The molecule has 15 heavy (non-hydrogen) atoms. The van der Waals surface area contributed by atoms with Crippen LogP contribution >= 0.6 is 0 Å². The molecule has 2 nitrogen and oxygen atoms in total. The van der Waals surface area contributed by atoms with Gasteiger partial charge in [0, 0.05) is 6.04 Å². The molecule has 0 aromatic rings. The minimum Gasteiger partial charge on any atom is -0.316 e. The molecular formula is C13H26N2. The van der Waals surface area contributed by atoms with Crippen molar-refractivity contribution in [2.24, 2.45) is 5.92 Å². The molecule has 2 fully saturated rings. The first-order valence-corrected chi connectivity index (χ1v) is 6.77.